The molecule has 8 heteroatoms. The highest BCUT2D eigenvalue weighted by molar-refractivity contribution is 9.10. The van der Waals surface area contributed by atoms with Crippen molar-refractivity contribution in [3.8, 4) is 0 Å². The smallest absolute Gasteiger partial charge is 0.345 e. The third-order valence-corrected chi connectivity index (χ3v) is 5.61. The molecular weight excluding hydrogens is 442 g/mol. The molecule has 0 atom stereocenters. The summed E-state index contributed by atoms with van der Waals surface area (Å²) in [7, 11) is 0. The van der Waals surface area contributed by atoms with E-state index in [1.807, 2.05) is 42.5 Å². The summed E-state index contributed by atoms with van der Waals surface area (Å²) >= 11 is 4.69. The number of hydrogen-bond donors (Lipinski definition) is 0. The summed E-state index contributed by atoms with van der Waals surface area (Å²) in [6.07, 6.45) is 0. The molecule has 6 nitrogen and oxygen atoms in total. The van der Waals surface area contributed by atoms with E-state index in [-0.39, 0.29) is 5.91 Å². The van der Waals surface area contributed by atoms with Crippen LogP contribution in [0.2, 0.25) is 0 Å². The van der Waals surface area contributed by atoms with Gasteiger partial charge in [0, 0.05) is 9.86 Å². The van der Waals surface area contributed by atoms with Crippen LogP contribution >= 0.6 is 27.7 Å². The van der Waals surface area contributed by atoms with Crippen molar-refractivity contribution in [3.63, 3.8) is 0 Å². The zero-order valence-electron chi connectivity index (χ0n) is 14.8. The second kappa shape index (κ2) is 7.73. The van der Waals surface area contributed by atoms with Crippen LogP contribution in [-0.4, -0.2) is 22.5 Å². The lowest BCUT2D eigenvalue weighted by atomic mass is 10.1. The Morgan fingerprint density at radius 1 is 1.14 bits per heavy atom. The minimum atomic E-state index is -0.472. The van der Waals surface area contributed by atoms with Gasteiger partial charge in [0.25, 0.3) is 0 Å². The Hall–Kier alpha value is -2.71. The quantitative estimate of drug-likeness (QED) is 0.332. The molecule has 28 heavy (non-hydrogen) atoms. The fourth-order valence-electron chi connectivity index (χ4n) is 2.77. The fraction of sp³-hybridized carbons (Fsp3) is 0.100. The van der Waals surface area contributed by atoms with Gasteiger partial charge >= 0.3 is 5.63 Å². The molecule has 1 saturated heterocycles. The number of anilines is 1. The number of amidine groups is 1. The molecule has 4 rings (SSSR count). The van der Waals surface area contributed by atoms with Crippen molar-refractivity contribution in [1.29, 1.82) is 0 Å². The summed E-state index contributed by atoms with van der Waals surface area (Å²) in [5.41, 5.74) is 1.53. The van der Waals surface area contributed by atoms with Crippen LogP contribution in [0.1, 0.15) is 12.5 Å². The summed E-state index contributed by atoms with van der Waals surface area (Å²) in [6.45, 7) is 1.69. The van der Waals surface area contributed by atoms with E-state index in [0.29, 0.717) is 27.8 Å². The van der Waals surface area contributed by atoms with Gasteiger partial charge in [-0.1, -0.05) is 45.9 Å². The van der Waals surface area contributed by atoms with Crippen LogP contribution in [0.4, 0.5) is 5.69 Å². The third-order valence-electron chi connectivity index (χ3n) is 4.17. The molecule has 0 spiro atoms. The number of hydrogen-bond acceptors (Lipinski definition) is 6. The molecule has 140 valence electrons. The Bertz CT molecular complexity index is 1190. The highest BCUT2D eigenvalue weighted by Crippen LogP contribution is 2.28. The fourth-order valence-corrected chi connectivity index (χ4v) is 3.85. The van der Waals surface area contributed by atoms with Crippen LogP contribution in [0.25, 0.3) is 11.0 Å². The maximum absolute atomic E-state index is 12.3. The number of carbonyl (C=O) groups excluding carboxylic acids is 1. The number of fused-ring (bicyclic) bond motifs is 1. The number of para-hydroxylation sites is 1. The lowest BCUT2D eigenvalue weighted by Crippen LogP contribution is -2.29. The Morgan fingerprint density at radius 2 is 1.89 bits per heavy atom. The average molecular weight is 456 g/mol. The molecule has 2 aromatic carbocycles. The molecule has 2 heterocycles. The van der Waals surface area contributed by atoms with E-state index in [9.17, 15) is 9.59 Å². The molecule has 0 saturated carbocycles. The highest BCUT2D eigenvalue weighted by Gasteiger charge is 2.29. The van der Waals surface area contributed by atoms with Crippen molar-refractivity contribution in [2.24, 2.45) is 10.2 Å². The number of amides is 1. The van der Waals surface area contributed by atoms with Gasteiger partial charge in [-0.25, -0.2) is 4.79 Å². The molecule has 0 radical (unpaired) electrons. The van der Waals surface area contributed by atoms with Crippen LogP contribution in [0.5, 0.6) is 0 Å². The van der Waals surface area contributed by atoms with E-state index in [1.54, 1.807) is 19.1 Å². The van der Waals surface area contributed by atoms with Gasteiger partial charge in [-0.3, -0.25) is 9.69 Å². The first-order valence-corrected chi connectivity index (χ1v) is 10.2. The van der Waals surface area contributed by atoms with E-state index in [4.69, 9.17) is 4.42 Å². The summed E-state index contributed by atoms with van der Waals surface area (Å²) < 4.78 is 6.27. The van der Waals surface area contributed by atoms with E-state index in [2.05, 4.69) is 26.1 Å². The normalized spacial score (nSPS) is 16.4. The van der Waals surface area contributed by atoms with Crippen LogP contribution in [-0.2, 0) is 4.79 Å². The molecule has 0 unspecified atom stereocenters. The topological polar surface area (TPSA) is 75.2 Å². The number of benzene rings is 2. The molecule has 1 aromatic heterocycles. The van der Waals surface area contributed by atoms with E-state index in [1.165, 1.54) is 16.7 Å². The minimum absolute atomic E-state index is 0.0656. The molecular formula is C20H14BrN3O3S. The van der Waals surface area contributed by atoms with Crippen molar-refractivity contribution >= 4 is 61.1 Å². The van der Waals surface area contributed by atoms with Crippen molar-refractivity contribution in [3.05, 3.63) is 75.1 Å². The number of halogens is 1. The maximum atomic E-state index is 12.3. The Labute approximate surface area is 173 Å². The molecule has 1 aliphatic rings. The van der Waals surface area contributed by atoms with Crippen LogP contribution in [0.15, 0.2) is 78.5 Å². The molecule has 0 bridgehead atoms. The maximum Gasteiger partial charge on any atom is 0.345 e. The summed E-state index contributed by atoms with van der Waals surface area (Å²) in [5.74, 6) is 0.228. The van der Waals surface area contributed by atoms with Gasteiger partial charge in [-0.15, -0.1) is 5.10 Å². The summed E-state index contributed by atoms with van der Waals surface area (Å²) in [4.78, 5) is 26.1. The Kier molecular flexibility index (Phi) is 5.15. The number of nitrogens with zero attached hydrogens (tertiary/aromatic N) is 3. The molecule has 3 aromatic rings. The van der Waals surface area contributed by atoms with Gasteiger partial charge in [0.15, 0.2) is 5.17 Å². The largest absolute Gasteiger partial charge is 0.422 e. The molecule has 0 aliphatic carbocycles. The third kappa shape index (κ3) is 3.65. The van der Waals surface area contributed by atoms with Crippen molar-refractivity contribution < 1.29 is 9.21 Å². The highest BCUT2D eigenvalue weighted by atomic mass is 79.9. The van der Waals surface area contributed by atoms with Gasteiger partial charge in [0.05, 0.1) is 22.7 Å². The number of carbonyl (C=O) groups is 1. The van der Waals surface area contributed by atoms with E-state index >= 15 is 0 Å². The second-order valence-electron chi connectivity index (χ2n) is 6.05. The SMILES string of the molecule is C/C(=N\N=C1\SCC(=O)N1c1ccc(Br)cc1)c1cc2ccccc2oc1=O. The van der Waals surface area contributed by atoms with Crippen molar-refractivity contribution in [1.82, 2.24) is 0 Å². The van der Waals surface area contributed by atoms with Gasteiger partial charge in [-0.05, 0) is 43.3 Å². The predicted octanol–water partition coefficient (Wildman–Crippen LogP) is 4.42. The number of thioether (sulfide) groups is 1. The number of rotatable bonds is 3. The first-order chi connectivity index (χ1) is 13.5. The average Bonchev–Trinajstić information content (AvgIpc) is 3.06. The summed E-state index contributed by atoms with van der Waals surface area (Å²) in [5, 5.41) is 9.70. The lowest BCUT2D eigenvalue weighted by molar-refractivity contribution is -0.115. The Balaban J connectivity index is 1.69. The predicted molar refractivity (Wildman–Crippen MR) is 116 cm³/mol. The molecule has 1 aliphatic heterocycles. The first-order valence-electron chi connectivity index (χ1n) is 8.40. The zero-order valence-corrected chi connectivity index (χ0v) is 17.2. The van der Waals surface area contributed by atoms with Crippen LogP contribution in [0, 0.1) is 0 Å². The van der Waals surface area contributed by atoms with Gasteiger partial charge in [0.1, 0.15) is 5.58 Å². The van der Waals surface area contributed by atoms with Gasteiger partial charge in [0.2, 0.25) is 5.91 Å². The second-order valence-corrected chi connectivity index (χ2v) is 7.91. The Morgan fingerprint density at radius 3 is 2.68 bits per heavy atom. The minimum Gasteiger partial charge on any atom is -0.422 e. The van der Waals surface area contributed by atoms with E-state index in [0.717, 1.165) is 15.5 Å². The molecule has 1 amide bonds. The molecule has 1 fully saturated rings. The van der Waals surface area contributed by atoms with Crippen LogP contribution < -0.4 is 10.5 Å². The van der Waals surface area contributed by atoms with Crippen LogP contribution in [0.3, 0.4) is 0 Å². The molecule has 0 N–H and O–H groups in total. The van der Waals surface area contributed by atoms with Crippen molar-refractivity contribution in [2.45, 2.75) is 6.92 Å². The van der Waals surface area contributed by atoms with Crippen molar-refractivity contribution in [2.75, 3.05) is 10.7 Å². The van der Waals surface area contributed by atoms with Gasteiger partial charge in [-0.2, -0.15) is 5.10 Å². The zero-order chi connectivity index (χ0) is 19.7. The summed E-state index contributed by atoms with van der Waals surface area (Å²) in [6, 6.07) is 16.4. The monoisotopic (exact) mass is 455 g/mol. The standard InChI is InChI=1S/C20H14BrN3O3S/c1-12(16-10-13-4-2-3-5-17(13)27-19(16)26)22-23-20-24(18(25)11-28-20)15-8-6-14(21)7-9-15/h2-10H,11H2,1H3/b22-12+,23-20+. The van der Waals surface area contributed by atoms with E-state index < -0.39 is 5.63 Å². The lowest BCUT2D eigenvalue weighted by Gasteiger charge is -2.15. The first kappa shape index (κ1) is 18.6. The van der Waals surface area contributed by atoms with Gasteiger partial charge < -0.3 is 4.42 Å².